The van der Waals surface area contributed by atoms with Crippen molar-refractivity contribution in [2.75, 3.05) is 11.9 Å². The van der Waals surface area contributed by atoms with Crippen LogP contribution in [-0.4, -0.2) is 28.3 Å². The van der Waals surface area contributed by atoms with Crippen molar-refractivity contribution in [3.05, 3.63) is 71.5 Å². The maximum absolute atomic E-state index is 12.3. The molecule has 0 fully saturated rings. The fraction of sp³-hybridized carbons (Fsp3) is 0.0952. The molecule has 0 bridgehead atoms. The second-order valence-electron chi connectivity index (χ2n) is 6.34. The van der Waals surface area contributed by atoms with E-state index in [1.165, 1.54) is 0 Å². The van der Waals surface area contributed by atoms with Gasteiger partial charge in [-0.15, -0.1) is 0 Å². The molecule has 0 saturated heterocycles. The lowest BCUT2D eigenvalue weighted by Crippen LogP contribution is -2.27. The zero-order valence-electron chi connectivity index (χ0n) is 14.8. The standard InChI is InChI=1S/C21H17ClN4O2/c22-21-25-17-9-8-14(12-18(17)26-21)20(28)23-11-10-19(27)24-16-7-3-5-13-4-1-2-6-15(13)16/h1-9,12H,10-11H2,(H,23,28)(H,24,27)(H,25,26). The summed E-state index contributed by atoms with van der Waals surface area (Å²) in [5, 5.41) is 7.98. The number of fused-ring (bicyclic) bond motifs is 2. The lowest BCUT2D eigenvalue weighted by molar-refractivity contribution is -0.116. The molecule has 0 radical (unpaired) electrons. The van der Waals surface area contributed by atoms with E-state index in [4.69, 9.17) is 11.6 Å². The van der Waals surface area contributed by atoms with Crippen molar-refractivity contribution >= 4 is 50.9 Å². The molecule has 0 unspecified atom stereocenters. The molecular weight excluding hydrogens is 376 g/mol. The molecule has 2 amide bonds. The van der Waals surface area contributed by atoms with E-state index in [1.54, 1.807) is 18.2 Å². The molecule has 0 aliphatic heterocycles. The van der Waals surface area contributed by atoms with Gasteiger partial charge in [-0.05, 0) is 41.3 Å². The van der Waals surface area contributed by atoms with Crippen molar-refractivity contribution in [3.63, 3.8) is 0 Å². The van der Waals surface area contributed by atoms with Crippen molar-refractivity contribution < 1.29 is 9.59 Å². The van der Waals surface area contributed by atoms with E-state index in [0.717, 1.165) is 16.5 Å². The fourth-order valence-electron chi connectivity index (χ4n) is 3.06. The van der Waals surface area contributed by atoms with Gasteiger partial charge < -0.3 is 15.6 Å². The summed E-state index contributed by atoms with van der Waals surface area (Å²) in [6.07, 6.45) is 0.174. The molecule has 0 aliphatic carbocycles. The number of hydrogen-bond donors (Lipinski definition) is 3. The van der Waals surface area contributed by atoms with E-state index in [1.807, 2.05) is 42.5 Å². The summed E-state index contributed by atoms with van der Waals surface area (Å²) in [5.74, 6) is -0.418. The summed E-state index contributed by atoms with van der Waals surface area (Å²) >= 11 is 5.82. The van der Waals surface area contributed by atoms with Gasteiger partial charge in [0.2, 0.25) is 11.2 Å². The molecule has 0 spiro atoms. The van der Waals surface area contributed by atoms with Crippen LogP contribution < -0.4 is 10.6 Å². The van der Waals surface area contributed by atoms with Gasteiger partial charge in [0.1, 0.15) is 0 Å². The van der Waals surface area contributed by atoms with Crippen LogP contribution in [0.5, 0.6) is 0 Å². The summed E-state index contributed by atoms with van der Waals surface area (Å²) < 4.78 is 0. The number of nitrogens with zero attached hydrogens (tertiary/aromatic N) is 1. The summed E-state index contributed by atoms with van der Waals surface area (Å²) in [4.78, 5) is 31.5. The van der Waals surface area contributed by atoms with Crippen LogP contribution in [0.15, 0.2) is 60.7 Å². The van der Waals surface area contributed by atoms with Gasteiger partial charge in [-0.3, -0.25) is 9.59 Å². The number of aromatic nitrogens is 2. The Balaban J connectivity index is 1.34. The maximum atomic E-state index is 12.3. The number of benzene rings is 3. The first kappa shape index (κ1) is 18.0. The molecule has 4 aromatic rings. The molecule has 140 valence electrons. The van der Waals surface area contributed by atoms with Crippen LogP contribution in [0.4, 0.5) is 5.69 Å². The highest BCUT2D eigenvalue weighted by molar-refractivity contribution is 6.29. The monoisotopic (exact) mass is 392 g/mol. The molecule has 0 atom stereocenters. The highest BCUT2D eigenvalue weighted by atomic mass is 35.5. The van der Waals surface area contributed by atoms with Gasteiger partial charge in [0, 0.05) is 29.6 Å². The number of aromatic amines is 1. The van der Waals surface area contributed by atoms with Gasteiger partial charge in [0.15, 0.2) is 0 Å². The molecule has 3 N–H and O–H groups in total. The van der Waals surface area contributed by atoms with Gasteiger partial charge in [-0.1, -0.05) is 36.4 Å². The lowest BCUT2D eigenvalue weighted by atomic mass is 10.1. The summed E-state index contributed by atoms with van der Waals surface area (Å²) in [6, 6.07) is 18.7. The number of nitrogens with one attached hydrogen (secondary N) is 3. The number of hydrogen-bond acceptors (Lipinski definition) is 3. The van der Waals surface area contributed by atoms with Crippen LogP contribution >= 0.6 is 11.6 Å². The zero-order chi connectivity index (χ0) is 19.5. The van der Waals surface area contributed by atoms with E-state index in [0.29, 0.717) is 16.6 Å². The van der Waals surface area contributed by atoms with E-state index < -0.39 is 0 Å². The first-order valence-corrected chi connectivity index (χ1v) is 9.19. The van der Waals surface area contributed by atoms with Gasteiger partial charge in [-0.25, -0.2) is 4.98 Å². The third kappa shape index (κ3) is 3.82. The Morgan fingerprint density at radius 1 is 1.04 bits per heavy atom. The summed E-state index contributed by atoms with van der Waals surface area (Å²) in [7, 11) is 0. The molecule has 0 aliphatic rings. The van der Waals surface area contributed by atoms with Crippen molar-refractivity contribution in [2.24, 2.45) is 0 Å². The Morgan fingerprint density at radius 2 is 1.86 bits per heavy atom. The summed E-state index contributed by atoms with van der Waals surface area (Å²) in [5.41, 5.74) is 2.61. The Kier molecular flexibility index (Phi) is 4.95. The minimum absolute atomic E-state index is 0.160. The number of imidazole rings is 1. The minimum Gasteiger partial charge on any atom is -0.352 e. The minimum atomic E-state index is -0.259. The number of anilines is 1. The molecule has 1 heterocycles. The Labute approximate surface area is 165 Å². The van der Waals surface area contributed by atoms with E-state index in [9.17, 15) is 9.59 Å². The third-order valence-corrected chi connectivity index (χ3v) is 4.60. The van der Waals surface area contributed by atoms with Gasteiger partial charge >= 0.3 is 0 Å². The highest BCUT2D eigenvalue weighted by Crippen LogP contribution is 2.23. The Bertz CT molecular complexity index is 1180. The highest BCUT2D eigenvalue weighted by Gasteiger charge is 2.10. The van der Waals surface area contributed by atoms with Crippen molar-refractivity contribution in [2.45, 2.75) is 6.42 Å². The number of amides is 2. The average molecular weight is 393 g/mol. The van der Waals surface area contributed by atoms with E-state index >= 15 is 0 Å². The van der Waals surface area contributed by atoms with Gasteiger partial charge in [0.25, 0.3) is 5.91 Å². The van der Waals surface area contributed by atoms with E-state index in [-0.39, 0.29) is 30.1 Å². The fourth-order valence-corrected chi connectivity index (χ4v) is 3.25. The topological polar surface area (TPSA) is 86.9 Å². The first-order chi connectivity index (χ1) is 13.6. The molecule has 6 nitrogen and oxygen atoms in total. The normalized spacial score (nSPS) is 10.9. The van der Waals surface area contributed by atoms with Crippen LogP contribution in [-0.2, 0) is 4.79 Å². The SMILES string of the molecule is O=C(CCNC(=O)c1ccc2nc(Cl)[nH]c2c1)Nc1cccc2ccccc12. The first-order valence-electron chi connectivity index (χ1n) is 8.81. The van der Waals surface area contributed by atoms with Crippen LogP contribution in [0.1, 0.15) is 16.8 Å². The van der Waals surface area contributed by atoms with Gasteiger partial charge in [0.05, 0.1) is 11.0 Å². The molecular formula is C21H17ClN4O2. The van der Waals surface area contributed by atoms with Crippen LogP contribution in [0, 0.1) is 0 Å². The molecule has 7 heteroatoms. The van der Waals surface area contributed by atoms with E-state index in [2.05, 4.69) is 20.6 Å². The number of rotatable bonds is 5. The predicted octanol–water partition coefficient (Wildman–Crippen LogP) is 4.13. The predicted molar refractivity (Wildman–Crippen MR) is 111 cm³/mol. The molecule has 3 aromatic carbocycles. The second kappa shape index (κ2) is 7.70. The lowest BCUT2D eigenvalue weighted by Gasteiger charge is -2.09. The van der Waals surface area contributed by atoms with Crippen molar-refractivity contribution in [1.82, 2.24) is 15.3 Å². The maximum Gasteiger partial charge on any atom is 0.251 e. The molecule has 28 heavy (non-hydrogen) atoms. The average Bonchev–Trinajstić information content (AvgIpc) is 3.07. The number of carbonyl (C=O) groups is 2. The largest absolute Gasteiger partial charge is 0.352 e. The van der Waals surface area contributed by atoms with Crippen molar-refractivity contribution in [3.8, 4) is 0 Å². The zero-order valence-corrected chi connectivity index (χ0v) is 15.6. The molecule has 4 rings (SSSR count). The third-order valence-electron chi connectivity index (χ3n) is 4.42. The van der Waals surface area contributed by atoms with Crippen molar-refractivity contribution in [1.29, 1.82) is 0 Å². The molecule has 0 saturated carbocycles. The Morgan fingerprint density at radius 3 is 2.75 bits per heavy atom. The van der Waals surface area contributed by atoms with Gasteiger partial charge in [-0.2, -0.15) is 0 Å². The smallest absolute Gasteiger partial charge is 0.251 e. The number of H-pyrrole nitrogens is 1. The van der Waals surface area contributed by atoms with Crippen LogP contribution in [0.3, 0.4) is 0 Å². The quantitative estimate of drug-likeness (QED) is 0.477. The van der Waals surface area contributed by atoms with Crippen LogP contribution in [0.25, 0.3) is 21.8 Å². The number of halogens is 1. The second-order valence-corrected chi connectivity index (χ2v) is 6.70. The van der Waals surface area contributed by atoms with Crippen LogP contribution in [0.2, 0.25) is 5.28 Å². The Hall–Kier alpha value is -3.38. The number of carbonyl (C=O) groups excluding carboxylic acids is 2. The summed E-state index contributed by atoms with van der Waals surface area (Å²) in [6.45, 7) is 0.233. The molecule has 1 aromatic heterocycles.